The summed E-state index contributed by atoms with van der Waals surface area (Å²) in [4.78, 5) is 3.78. The minimum Gasteiger partial charge on any atom is -0.371 e. The van der Waals surface area contributed by atoms with Crippen LogP contribution < -0.4 is 5.32 Å². The number of hydrogen-bond donors (Lipinski definition) is 2. The van der Waals surface area contributed by atoms with Gasteiger partial charge in [0, 0.05) is 18.9 Å². The summed E-state index contributed by atoms with van der Waals surface area (Å²) >= 11 is 8.91. The Bertz CT molecular complexity index is 386. The number of hydrogen-bond acceptors (Lipinski definition) is 2. The SMILES string of the molecule is CCCCCCCCCCCCCCCCCCNC(=S)S.c1ccncc1. The van der Waals surface area contributed by atoms with E-state index in [1.807, 2.05) is 18.2 Å². The molecule has 1 heterocycles. The van der Waals surface area contributed by atoms with Crippen molar-refractivity contribution < 1.29 is 0 Å². The van der Waals surface area contributed by atoms with Crippen LogP contribution in [0, 0.1) is 0 Å². The lowest BCUT2D eigenvalue weighted by Crippen LogP contribution is -2.17. The lowest BCUT2D eigenvalue weighted by atomic mass is 10.0. The fraction of sp³-hybridized carbons (Fsp3) is 0.750. The van der Waals surface area contributed by atoms with E-state index in [1.165, 1.54) is 103 Å². The average Bonchev–Trinajstić information content (AvgIpc) is 2.72. The highest BCUT2D eigenvalue weighted by Gasteiger charge is 1.94. The number of nitrogens with zero attached hydrogens (tertiary/aromatic N) is 1. The highest BCUT2D eigenvalue weighted by atomic mass is 32.1. The van der Waals surface area contributed by atoms with Crippen molar-refractivity contribution in [2.75, 3.05) is 6.54 Å². The Hall–Kier alpha value is -0.610. The first kappa shape index (κ1) is 27.4. The van der Waals surface area contributed by atoms with Crippen molar-refractivity contribution in [3.63, 3.8) is 0 Å². The van der Waals surface area contributed by atoms with E-state index in [2.05, 4.69) is 29.9 Å². The van der Waals surface area contributed by atoms with Gasteiger partial charge in [0.1, 0.15) is 4.32 Å². The normalized spacial score (nSPS) is 10.2. The quantitative estimate of drug-likeness (QED) is 0.150. The highest BCUT2D eigenvalue weighted by Crippen LogP contribution is 2.13. The second-order valence-electron chi connectivity index (χ2n) is 7.56. The van der Waals surface area contributed by atoms with Crippen LogP contribution in [0.1, 0.15) is 110 Å². The number of thiol groups is 1. The van der Waals surface area contributed by atoms with Crippen LogP contribution in [0.15, 0.2) is 30.6 Å². The zero-order valence-electron chi connectivity index (χ0n) is 18.2. The van der Waals surface area contributed by atoms with Crippen LogP contribution in [0.2, 0.25) is 0 Å². The molecule has 0 aliphatic heterocycles. The van der Waals surface area contributed by atoms with Crippen LogP contribution in [0.25, 0.3) is 0 Å². The zero-order chi connectivity index (χ0) is 20.5. The smallest absolute Gasteiger partial charge is 0.130 e. The van der Waals surface area contributed by atoms with Crippen molar-refractivity contribution in [1.82, 2.24) is 10.3 Å². The molecule has 0 radical (unpaired) electrons. The predicted octanol–water partition coefficient (Wildman–Crippen LogP) is 8.13. The summed E-state index contributed by atoms with van der Waals surface area (Å²) < 4.78 is 0.626. The Morgan fingerprint density at radius 2 is 1.07 bits per heavy atom. The summed E-state index contributed by atoms with van der Waals surface area (Å²) in [6.07, 6.45) is 26.2. The molecule has 0 aliphatic carbocycles. The summed E-state index contributed by atoms with van der Waals surface area (Å²) in [7, 11) is 0. The predicted molar refractivity (Wildman–Crippen MR) is 133 cm³/mol. The van der Waals surface area contributed by atoms with Crippen molar-refractivity contribution in [2.45, 2.75) is 110 Å². The van der Waals surface area contributed by atoms with Crippen molar-refractivity contribution in [2.24, 2.45) is 0 Å². The van der Waals surface area contributed by atoms with Crippen LogP contribution in [0.4, 0.5) is 0 Å². The molecule has 0 unspecified atom stereocenters. The standard InChI is InChI=1S/C19H39NS2.C5H5N/c1-2-3-4-5-6-7-8-9-10-11-12-13-14-15-16-17-18-20-19(21)22;1-2-4-6-5-3-1/h2-18H2,1H3,(H2,20,21,22);1-5H. The number of rotatable bonds is 17. The topological polar surface area (TPSA) is 24.9 Å². The molecule has 0 atom stereocenters. The van der Waals surface area contributed by atoms with Gasteiger partial charge >= 0.3 is 0 Å². The zero-order valence-corrected chi connectivity index (χ0v) is 19.9. The van der Waals surface area contributed by atoms with Crippen LogP contribution in [0.5, 0.6) is 0 Å². The maximum atomic E-state index is 4.86. The molecule has 1 N–H and O–H groups in total. The summed E-state index contributed by atoms with van der Waals surface area (Å²) in [6, 6.07) is 5.72. The number of thiocarbonyl (C=S) groups is 1. The van der Waals surface area contributed by atoms with E-state index in [-0.39, 0.29) is 0 Å². The monoisotopic (exact) mass is 424 g/mol. The van der Waals surface area contributed by atoms with E-state index < -0.39 is 0 Å². The van der Waals surface area contributed by atoms with Gasteiger partial charge in [0.15, 0.2) is 0 Å². The molecule has 0 fully saturated rings. The minimum atomic E-state index is 0.626. The first-order chi connectivity index (χ1) is 13.8. The molecule has 1 aromatic rings. The first-order valence-corrected chi connectivity index (χ1v) is 12.4. The molecule has 0 spiro atoms. The van der Waals surface area contributed by atoms with E-state index in [0.717, 1.165) is 6.54 Å². The Morgan fingerprint density at radius 3 is 1.36 bits per heavy atom. The summed E-state index contributed by atoms with van der Waals surface area (Å²) in [6.45, 7) is 3.28. The van der Waals surface area contributed by atoms with E-state index >= 15 is 0 Å². The van der Waals surface area contributed by atoms with Gasteiger partial charge < -0.3 is 5.32 Å². The molecule has 0 bridgehead atoms. The van der Waals surface area contributed by atoms with E-state index in [0.29, 0.717) is 4.32 Å². The molecule has 0 aromatic carbocycles. The van der Waals surface area contributed by atoms with Gasteiger partial charge in [-0.15, -0.1) is 12.6 Å². The van der Waals surface area contributed by atoms with Gasteiger partial charge in [-0.1, -0.05) is 122 Å². The van der Waals surface area contributed by atoms with Gasteiger partial charge in [-0.05, 0) is 18.6 Å². The fourth-order valence-electron chi connectivity index (χ4n) is 3.18. The number of unbranched alkanes of at least 4 members (excludes halogenated alkanes) is 15. The summed E-state index contributed by atoms with van der Waals surface area (Å²) in [5, 5.41) is 3.09. The third-order valence-electron chi connectivity index (χ3n) is 4.87. The second-order valence-corrected chi connectivity index (χ2v) is 8.72. The lowest BCUT2D eigenvalue weighted by molar-refractivity contribution is 0.529. The van der Waals surface area contributed by atoms with Crippen LogP contribution in [-0.2, 0) is 0 Å². The maximum absolute atomic E-state index is 4.86. The van der Waals surface area contributed by atoms with Gasteiger partial charge in [0.25, 0.3) is 0 Å². The molecular weight excluding hydrogens is 380 g/mol. The van der Waals surface area contributed by atoms with Crippen LogP contribution in [-0.4, -0.2) is 15.8 Å². The maximum Gasteiger partial charge on any atom is 0.130 e. The summed E-state index contributed by atoms with van der Waals surface area (Å²) in [5.74, 6) is 0. The Kier molecular flexibility index (Phi) is 23.9. The lowest BCUT2D eigenvalue weighted by Gasteiger charge is -2.04. The van der Waals surface area contributed by atoms with Gasteiger partial charge in [-0.3, -0.25) is 4.98 Å². The number of nitrogens with one attached hydrogen (secondary N) is 1. The summed E-state index contributed by atoms with van der Waals surface area (Å²) in [5.41, 5.74) is 0. The van der Waals surface area contributed by atoms with E-state index in [4.69, 9.17) is 12.2 Å². The number of aromatic nitrogens is 1. The van der Waals surface area contributed by atoms with Crippen LogP contribution >= 0.6 is 24.8 Å². The van der Waals surface area contributed by atoms with Gasteiger partial charge in [-0.2, -0.15) is 0 Å². The Balaban J connectivity index is 0.00000102. The average molecular weight is 425 g/mol. The third kappa shape index (κ3) is 25.4. The number of pyridine rings is 1. The molecule has 28 heavy (non-hydrogen) atoms. The minimum absolute atomic E-state index is 0.626. The molecule has 2 nitrogen and oxygen atoms in total. The molecule has 0 amide bonds. The van der Waals surface area contributed by atoms with Crippen LogP contribution in [0.3, 0.4) is 0 Å². The van der Waals surface area contributed by atoms with E-state index in [9.17, 15) is 0 Å². The van der Waals surface area contributed by atoms with Gasteiger partial charge in [-0.25, -0.2) is 0 Å². The van der Waals surface area contributed by atoms with Gasteiger partial charge in [0.2, 0.25) is 0 Å². The Labute approximate surface area is 186 Å². The largest absolute Gasteiger partial charge is 0.371 e. The van der Waals surface area contributed by atoms with Crippen molar-refractivity contribution in [3.8, 4) is 0 Å². The highest BCUT2D eigenvalue weighted by molar-refractivity contribution is 8.11. The molecule has 162 valence electrons. The second kappa shape index (κ2) is 24.4. The molecule has 1 aromatic heterocycles. The molecule has 0 saturated heterocycles. The molecule has 4 heteroatoms. The molecule has 0 saturated carbocycles. The van der Waals surface area contributed by atoms with E-state index in [1.54, 1.807) is 12.4 Å². The third-order valence-corrected chi connectivity index (χ3v) is 5.18. The first-order valence-electron chi connectivity index (χ1n) is 11.6. The fourth-order valence-corrected chi connectivity index (χ4v) is 3.39. The van der Waals surface area contributed by atoms with Crippen molar-refractivity contribution in [1.29, 1.82) is 0 Å². The Morgan fingerprint density at radius 1 is 0.679 bits per heavy atom. The molecule has 0 aliphatic rings. The van der Waals surface area contributed by atoms with Gasteiger partial charge in [0.05, 0.1) is 0 Å². The van der Waals surface area contributed by atoms with Crippen molar-refractivity contribution >= 4 is 29.2 Å². The van der Waals surface area contributed by atoms with Crippen molar-refractivity contribution in [3.05, 3.63) is 30.6 Å². The molecular formula is C24H44N2S2. The molecule has 1 rings (SSSR count).